The van der Waals surface area contributed by atoms with Crippen molar-refractivity contribution in [1.29, 1.82) is 0 Å². The molecule has 1 amide bonds. The lowest BCUT2D eigenvalue weighted by Gasteiger charge is -2.12. The van der Waals surface area contributed by atoms with Crippen LogP contribution in [0.15, 0.2) is 23.0 Å². The van der Waals surface area contributed by atoms with Crippen molar-refractivity contribution < 1.29 is 19.1 Å². The van der Waals surface area contributed by atoms with Gasteiger partial charge in [-0.05, 0) is 31.4 Å². The monoisotopic (exact) mass is 239 g/mol. The number of furan rings is 1. The molecule has 5 heteroatoms. The molecule has 0 radical (unpaired) electrons. The van der Waals surface area contributed by atoms with Crippen molar-refractivity contribution in [2.75, 3.05) is 0 Å². The van der Waals surface area contributed by atoms with E-state index in [9.17, 15) is 9.59 Å². The van der Waals surface area contributed by atoms with E-state index < -0.39 is 5.97 Å². The van der Waals surface area contributed by atoms with Gasteiger partial charge in [-0.3, -0.25) is 9.59 Å². The molecule has 1 heterocycles. The molecule has 17 heavy (non-hydrogen) atoms. The van der Waals surface area contributed by atoms with Crippen molar-refractivity contribution >= 4 is 11.9 Å². The minimum atomic E-state index is -0.843. The van der Waals surface area contributed by atoms with Crippen LogP contribution in [0.25, 0.3) is 0 Å². The number of hydrogen-bond acceptors (Lipinski definition) is 3. The zero-order valence-corrected chi connectivity index (χ0v) is 9.81. The van der Waals surface area contributed by atoms with Gasteiger partial charge in [0.25, 0.3) is 0 Å². The summed E-state index contributed by atoms with van der Waals surface area (Å²) in [7, 11) is 0. The van der Waals surface area contributed by atoms with Crippen LogP contribution in [0.1, 0.15) is 31.7 Å². The van der Waals surface area contributed by atoms with E-state index in [1.54, 1.807) is 19.5 Å². The molecular formula is C12H17NO4. The highest BCUT2D eigenvalue weighted by Gasteiger charge is 2.09. The Hall–Kier alpha value is -1.78. The lowest BCUT2D eigenvalue weighted by molar-refractivity contribution is -0.137. The SMILES string of the molecule is CC(CCC(=O)O)NC(=O)CCc1ccoc1. The Bertz CT molecular complexity index is 359. The first kappa shape index (κ1) is 13.3. The summed E-state index contributed by atoms with van der Waals surface area (Å²) in [5, 5.41) is 11.3. The second kappa shape index (κ2) is 6.73. The van der Waals surface area contributed by atoms with E-state index in [2.05, 4.69) is 5.32 Å². The van der Waals surface area contributed by atoms with Crippen LogP contribution in [0, 0.1) is 0 Å². The third-order valence-electron chi connectivity index (χ3n) is 2.42. The number of hydrogen-bond donors (Lipinski definition) is 2. The van der Waals surface area contributed by atoms with Gasteiger partial charge in [-0.15, -0.1) is 0 Å². The van der Waals surface area contributed by atoms with E-state index in [1.165, 1.54) is 0 Å². The highest BCUT2D eigenvalue weighted by molar-refractivity contribution is 5.76. The zero-order chi connectivity index (χ0) is 12.7. The number of aryl methyl sites for hydroxylation is 1. The van der Waals surface area contributed by atoms with Gasteiger partial charge in [0, 0.05) is 18.9 Å². The summed E-state index contributed by atoms with van der Waals surface area (Å²) in [6, 6.07) is 1.71. The largest absolute Gasteiger partial charge is 0.481 e. The number of rotatable bonds is 7. The molecule has 5 nitrogen and oxygen atoms in total. The summed E-state index contributed by atoms with van der Waals surface area (Å²) >= 11 is 0. The maximum absolute atomic E-state index is 11.5. The molecule has 0 saturated carbocycles. The Balaban J connectivity index is 2.18. The van der Waals surface area contributed by atoms with Crippen LogP contribution in [0.2, 0.25) is 0 Å². The molecule has 0 fully saturated rings. The molecule has 0 spiro atoms. The summed E-state index contributed by atoms with van der Waals surface area (Å²) in [6.45, 7) is 1.80. The van der Waals surface area contributed by atoms with Crippen molar-refractivity contribution in [3.8, 4) is 0 Å². The fraction of sp³-hybridized carbons (Fsp3) is 0.500. The van der Waals surface area contributed by atoms with Gasteiger partial charge in [0.15, 0.2) is 0 Å². The quantitative estimate of drug-likeness (QED) is 0.757. The van der Waals surface area contributed by atoms with Gasteiger partial charge in [0.2, 0.25) is 5.91 Å². The first-order valence-corrected chi connectivity index (χ1v) is 5.60. The van der Waals surface area contributed by atoms with Crippen LogP contribution in [0.3, 0.4) is 0 Å². The van der Waals surface area contributed by atoms with Crippen LogP contribution < -0.4 is 5.32 Å². The van der Waals surface area contributed by atoms with Crippen molar-refractivity contribution in [3.63, 3.8) is 0 Å². The average molecular weight is 239 g/mol. The maximum atomic E-state index is 11.5. The van der Waals surface area contributed by atoms with Crippen LogP contribution in [0.4, 0.5) is 0 Å². The van der Waals surface area contributed by atoms with E-state index in [0.29, 0.717) is 19.3 Å². The third-order valence-corrected chi connectivity index (χ3v) is 2.42. The molecule has 1 aromatic heterocycles. The summed E-state index contributed by atoms with van der Waals surface area (Å²) in [4.78, 5) is 21.9. The molecule has 94 valence electrons. The first-order valence-electron chi connectivity index (χ1n) is 5.60. The molecule has 1 aromatic rings. The Morgan fingerprint density at radius 2 is 2.24 bits per heavy atom. The molecule has 1 unspecified atom stereocenters. The molecule has 0 bridgehead atoms. The molecule has 0 saturated heterocycles. The van der Waals surface area contributed by atoms with Crippen LogP contribution in [-0.2, 0) is 16.0 Å². The second-order valence-electron chi connectivity index (χ2n) is 4.03. The lowest BCUT2D eigenvalue weighted by atomic mass is 10.1. The standard InChI is InChI=1S/C12H17NO4/c1-9(2-5-12(15)16)13-11(14)4-3-10-6-7-17-8-10/h6-9H,2-5H2,1H3,(H,13,14)(H,15,16). The Kier molecular flexibility index (Phi) is 5.26. The lowest BCUT2D eigenvalue weighted by Crippen LogP contribution is -2.33. The van der Waals surface area contributed by atoms with Crippen LogP contribution >= 0.6 is 0 Å². The fourth-order valence-corrected chi connectivity index (χ4v) is 1.45. The molecule has 2 N–H and O–H groups in total. The molecule has 0 aliphatic heterocycles. The van der Waals surface area contributed by atoms with Crippen LogP contribution in [-0.4, -0.2) is 23.0 Å². The van der Waals surface area contributed by atoms with E-state index >= 15 is 0 Å². The number of nitrogens with one attached hydrogen (secondary N) is 1. The average Bonchev–Trinajstić information content (AvgIpc) is 2.76. The number of aliphatic carboxylic acids is 1. The number of carboxylic acids is 1. The topological polar surface area (TPSA) is 79.5 Å². The zero-order valence-electron chi connectivity index (χ0n) is 9.81. The number of carbonyl (C=O) groups excluding carboxylic acids is 1. The predicted octanol–water partition coefficient (Wildman–Crippen LogP) is 1.58. The van der Waals surface area contributed by atoms with Crippen molar-refractivity contribution in [2.45, 2.75) is 38.6 Å². The maximum Gasteiger partial charge on any atom is 0.303 e. The van der Waals surface area contributed by atoms with Crippen LogP contribution in [0.5, 0.6) is 0 Å². The van der Waals surface area contributed by atoms with Gasteiger partial charge in [0.05, 0.1) is 12.5 Å². The number of carbonyl (C=O) groups is 2. The number of carboxylic acid groups (broad SMARTS) is 1. The van der Waals surface area contributed by atoms with Gasteiger partial charge in [0.1, 0.15) is 0 Å². The summed E-state index contributed by atoms with van der Waals surface area (Å²) in [6.07, 6.45) is 4.73. The molecule has 0 aliphatic rings. The van der Waals surface area contributed by atoms with Gasteiger partial charge >= 0.3 is 5.97 Å². The molecule has 1 atom stereocenters. The Morgan fingerprint density at radius 3 is 2.82 bits per heavy atom. The molecule has 1 rings (SSSR count). The van der Waals surface area contributed by atoms with E-state index in [1.807, 2.05) is 6.07 Å². The normalized spacial score (nSPS) is 12.1. The van der Waals surface area contributed by atoms with Gasteiger partial charge in [-0.2, -0.15) is 0 Å². The molecular weight excluding hydrogens is 222 g/mol. The van der Waals surface area contributed by atoms with Crippen molar-refractivity contribution in [3.05, 3.63) is 24.2 Å². The number of amides is 1. The van der Waals surface area contributed by atoms with E-state index in [4.69, 9.17) is 9.52 Å². The minimum absolute atomic E-state index is 0.0657. The smallest absolute Gasteiger partial charge is 0.303 e. The highest BCUT2D eigenvalue weighted by Crippen LogP contribution is 2.04. The van der Waals surface area contributed by atoms with Gasteiger partial charge in [-0.25, -0.2) is 0 Å². The van der Waals surface area contributed by atoms with E-state index in [0.717, 1.165) is 5.56 Å². The summed E-state index contributed by atoms with van der Waals surface area (Å²) in [5.41, 5.74) is 0.985. The third kappa shape index (κ3) is 5.75. The van der Waals surface area contributed by atoms with Gasteiger partial charge in [-0.1, -0.05) is 0 Å². The van der Waals surface area contributed by atoms with Crippen molar-refractivity contribution in [1.82, 2.24) is 5.32 Å². The van der Waals surface area contributed by atoms with Gasteiger partial charge < -0.3 is 14.8 Å². The minimum Gasteiger partial charge on any atom is -0.481 e. The fourth-order valence-electron chi connectivity index (χ4n) is 1.45. The first-order chi connectivity index (χ1) is 8.08. The Morgan fingerprint density at radius 1 is 1.47 bits per heavy atom. The molecule has 0 aromatic carbocycles. The summed E-state index contributed by atoms with van der Waals surface area (Å²) < 4.78 is 4.90. The molecule has 0 aliphatic carbocycles. The Labute approximate surface area is 99.8 Å². The second-order valence-corrected chi connectivity index (χ2v) is 4.03. The summed E-state index contributed by atoms with van der Waals surface area (Å²) in [5.74, 6) is -0.909. The predicted molar refractivity (Wildman–Crippen MR) is 61.5 cm³/mol. The highest BCUT2D eigenvalue weighted by atomic mass is 16.4. The van der Waals surface area contributed by atoms with E-state index in [-0.39, 0.29) is 18.4 Å². The van der Waals surface area contributed by atoms with Crippen molar-refractivity contribution in [2.24, 2.45) is 0 Å².